The molecule has 2 aliphatic heterocycles. The lowest BCUT2D eigenvalue weighted by Gasteiger charge is -2.31. The maximum Gasteiger partial charge on any atom is 0.335 e. The Labute approximate surface area is 268 Å². The second-order valence-electron chi connectivity index (χ2n) is 13.4. The molecular weight excluding hydrogens is 579 g/mol. The number of piperidine rings is 1. The highest BCUT2D eigenvalue weighted by molar-refractivity contribution is 7.12. The largest absolute Gasteiger partial charge is 0.478 e. The number of aryl methyl sites for hydroxylation is 2. The van der Waals surface area contributed by atoms with Gasteiger partial charge >= 0.3 is 5.97 Å². The Hall–Kier alpha value is -3.62. The van der Waals surface area contributed by atoms with Crippen LogP contribution in [0.15, 0.2) is 36.4 Å². The summed E-state index contributed by atoms with van der Waals surface area (Å²) in [5.41, 5.74) is 9.89. The molecular formula is C37H43N5O2S. The van der Waals surface area contributed by atoms with Gasteiger partial charge in [0.1, 0.15) is 11.3 Å². The molecule has 45 heavy (non-hydrogen) atoms. The van der Waals surface area contributed by atoms with Crippen LogP contribution in [0.2, 0.25) is 0 Å². The van der Waals surface area contributed by atoms with Crippen LogP contribution in [0, 0.1) is 13.8 Å². The van der Waals surface area contributed by atoms with E-state index in [4.69, 9.17) is 4.98 Å². The molecule has 0 bridgehead atoms. The van der Waals surface area contributed by atoms with E-state index in [1.54, 1.807) is 6.07 Å². The second kappa shape index (κ2) is 11.6. The summed E-state index contributed by atoms with van der Waals surface area (Å²) in [4.78, 5) is 29.0. The normalized spacial score (nSPS) is 18.0. The molecule has 1 saturated carbocycles. The first-order chi connectivity index (χ1) is 22.0. The summed E-state index contributed by atoms with van der Waals surface area (Å²) in [6, 6.07) is 12.6. The van der Waals surface area contributed by atoms with Crippen molar-refractivity contribution in [2.75, 3.05) is 37.6 Å². The Bertz CT molecular complexity index is 1900. The van der Waals surface area contributed by atoms with Crippen molar-refractivity contribution in [3.63, 3.8) is 0 Å². The van der Waals surface area contributed by atoms with Gasteiger partial charge in [-0.2, -0.15) is 0 Å². The van der Waals surface area contributed by atoms with Crippen molar-refractivity contribution in [3.8, 4) is 22.6 Å². The van der Waals surface area contributed by atoms with Crippen LogP contribution in [0.3, 0.4) is 0 Å². The minimum absolute atomic E-state index is 0.359. The van der Waals surface area contributed by atoms with E-state index in [1.165, 1.54) is 108 Å². The summed E-state index contributed by atoms with van der Waals surface area (Å²) in [7, 11) is 0. The summed E-state index contributed by atoms with van der Waals surface area (Å²) < 4.78 is 2.46. The first-order valence-corrected chi connectivity index (χ1v) is 17.7. The van der Waals surface area contributed by atoms with E-state index < -0.39 is 5.97 Å². The highest BCUT2D eigenvalue weighted by atomic mass is 32.1. The number of imidazole rings is 1. The van der Waals surface area contributed by atoms with Gasteiger partial charge in [0.2, 0.25) is 0 Å². The van der Waals surface area contributed by atoms with E-state index in [-0.39, 0.29) is 0 Å². The van der Waals surface area contributed by atoms with Gasteiger partial charge in [-0.15, -0.1) is 11.3 Å². The quantitative estimate of drug-likeness (QED) is 0.199. The summed E-state index contributed by atoms with van der Waals surface area (Å²) in [5, 5.41) is 11.2. The fraction of sp³-hybridized carbons (Fsp3) is 0.459. The Morgan fingerprint density at radius 2 is 1.73 bits per heavy atom. The van der Waals surface area contributed by atoms with Gasteiger partial charge in [0.15, 0.2) is 0 Å². The number of nitrogens with one attached hydrogen (secondary N) is 1. The Morgan fingerprint density at radius 3 is 2.49 bits per heavy atom. The maximum absolute atomic E-state index is 12.1. The predicted octanol–water partition coefficient (Wildman–Crippen LogP) is 8.58. The number of nitrogens with zero attached hydrogens (tertiary/aromatic N) is 4. The average molecular weight is 622 g/mol. The fourth-order valence-electron chi connectivity index (χ4n) is 8.40. The topological polar surface area (TPSA) is 77.4 Å². The van der Waals surface area contributed by atoms with Crippen molar-refractivity contribution in [2.24, 2.45) is 0 Å². The summed E-state index contributed by atoms with van der Waals surface area (Å²) in [5.74, 6) is 0.552. The summed E-state index contributed by atoms with van der Waals surface area (Å²) in [6.07, 6.45) is 10.1. The zero-order valence-corrected chi connectivity index (χ0v) is 27.3. The lowest BCUT2D eigenvalue weighted by molar-refractivity contribution is 0.0697. The molecule has 2 fully saturated rings. The summed E-state index contributed by atoms with van der Waals surface area (Å²) >= 11 is 1.82. The molecule has 2 N–H and O–H groups in total. The molecule has 234 valence electrons. The lowest BCUT2D eigenvalue weighted by Crippen LogP contribution is -2.38. The number of carboxylic acid groups (broad SMARTS) is 1. The molecule has 0 unspecified atom stereocenters. The third-order valence-electron chi connectivity index (χ3n) is 10.6. The van der Waals surface area contributed by atoms with Crippen LogP contribution >= 0.6 is 11.3 Å². The maximum atomic E-state index is 12.1. The standard InChI is InChI=1S/C37H43N5O2S/c1-23-21-29(24(2)45-23)36-38-30-14-13-28-34-32(25-9-5-3-6-10-25)27-12-11-26(37(43)44)22-31(27)42(34)20-19-41(35(28)33(30)39-36)18-17-40-15-7-4-8-16-40/h11-14,21-22,25H,3-10,15-20H2,1-2H3,(H,38,39)(H,43,44). The van der Waals surface area contributed by atoms with Crippen molar-refractivity contribution < 1.29 is 9.90 Å². The van der Waals surface area contributed by atoms with Gasteiger partial charge in [-0.25, -0.2) is 9.78 Å². The number of anilines is 1. The zero-order valence-electron chi connectivity index (χ0n) is 26.5. The number of fused-ring (bicyclic) bond motifs is 7. The number of H-pyrrole nitrogens is 1. The average Bonchev–Trinajstić information content (AvgIpc) is 3.70. The van der Waals surface area contributed by atoms with E-state index in [2.05, 4.69) is 57.5 Å². The predicted molar refractivity (Wildman–Crippen MR) is 185 cm³/mol. The Balaban J connectivity index is 1.35. The number of aromatic amines is 1. The van der Waals surface area contributed by atoms with Gasteiger partial charge in [-0.3, -0.25) is 0 Å². The van der Waals surface area contributed by atoms with E-state index in [0.29, 0.717) is 11.5 Å². The minimum Gasteiger partial charge on any atom is -0.478 e. The molecule has 0 radical (unpaired) electrons. The molecule has 1 saturated heterocycles. The summed E-state index contributed by atoms with van der Waals surface area (Å²) in [6.45, 7) is 10.4. The van der Waals surface area contributed by atoms with Crippen molar-refractivity contribution in [1.29, 1.82) is 0 Å². The molecule has 8 heteroatoms. The lowest BCUT2D eigenvalue weighted by atomic mass is 9.81. The van der Waals surface area contributed by atoms with E-state index in [0.717, 1.165) is 48.6 Å². The number of rotatable bonds is 6. The third-order valence-corrected chi connectivity index (χ3v) is 11.6. The highest BCUT2D eigenvalue weighted by Gasteiger charge is 2.32. The third kappa shape index (κ3) is 5.06. The van der Waals surface area contributed by atoms with Crippen LogP contribution in [0.1, 0.15) is 83.0 Å². The number of aromatic carboxylic acids is 1. The van der Waals surface area contributed by atoms with Gasteiger partial charge in [-0.1, -0.05) is 31.7 Å². The molecule has 8 rings (SSSR count). The molecule has 2 aromatic carbocycles. The number of aromatic nitrogens is 3. The monoisotopic (exact) mass is 621 g/mol. The molecule has 0 atom stereocenters. The van der Waals surface area contributed by atoms with E-state index in [9.17, 15) is 9.90 Å². The smallest absolute Gasteiger partial charge is 0.335 e. The molecule has 1 aliphatic carbocycles. The molecule has 3 aromatic heterocycles. The zero-order chi connectivity index (χ0) is 30.7. The van der Waals surface area contributed by atoms with Crippen LogP contribution < -0.4 is 4.90 Å². The first kappa shape index (κ1) is 28.8. The highest BCUT2D eigenvalue weighted by Crippen LogP contribution is 2.49. The second-order valence-corrected chi connectivity index (χ2v) is 14.9. The van der Waals surface area contributed by atoms with Crippen LogP contribution in [0.5, 0.6) is 0 Å². The van der Waals surface area contributed by atoms with E-state index in [1.807, 2.05) is 17.4 Å². The molecule has 5 aromatic rings. The van der Waals surface area contributed by atoms with Gasteiger partial charge in [-0.05, 0) is 94.4 Å². The molecule has 5 heterocycles. The van der Waals surface area contributed by atoms with Gasteiger partial charge in [0.25, 0.3) is 0 Å². The van der Waals surface area contributed by atoms with Crippen molar-refractivity contribution >= 4 is 44.9 Å². The fourth-order valence-corrected chi connectivity index (χ4v) is 9.33. The van der Waals surface area contributed by atoms with Gasteiger partial charge < -0.3 is 24.5 Å². The molecule has 0 spiro atoms. The molecule has 0 amide bonds. The number of hydrogen-bond acceptors (Lipinski definition) is 5. The molecule has 7 nitrogen and oxygen atoms in total. The minimum atomic E-state index is -0.867. The molecule has 3 aliphatic rings. The van der Waals surface area contributed by atoms with Crippen LogP contribution in [0.4, 0.5) is 5.69 Å². The Morgan fingerprint density at radius 1 is 0.933 bits per heavy atom. The number of benzene rings is 2. The van der Waals surface area contributed by atoms with Gasteiger partial charge in [0, 0.05) is 58.0 Å². The van der Waals surface area contributed by atoms with Crippen molar-refractivity contribution in [2.45, 2.75) is 77.7 Å². The SMILES string of the molecule is Cc1cc(-c2nc3c4c(ccc3[nH]2)-c2c(C3CCCCC3)c3ccc(C(=O)O)cc3n2CCN4CCN2CCCCC2)c(C)s1. The van der Waals surface area contributed by atoms with E-state index >= 15 is 0 Å². The van der Waals surface area contributed by atoms with Crippen LogP contribution in [0.25, 0.3) is 44.6 Å². The Kier molecular flexibility index (Phi) is 7.45. The van der Waals surface area contributed by atoms with Crippen molar-refractivity contribution in [3.05, 3.63) is 57.3 Å². The number of carbonyl (C=O) groups is 1. The number of thiophene rings is 1. The number of carboxylic acids is 1. The number of likely N-dealkylation sites (tertiary alicyclic amines) is 1. The number of hydrogen-bond donors (Lipinski definition) is 2. The van der Waals surface area contributed by atoms with Gasteiger partial charge in [0.05, 0.1) is 22.5 Å². The first-order valence-electron chi connectivity index (χ1n) is 16.9. The van der Waals surface area contributed by atoms with Crippen LogP contribution in [-0.4, -0.2) is 63.2 Å². The van der Waals surface area contributed by atoms with Crippen molar-refractivity contribution in [1.82, 2.24) is 19.4 Å². The van der Waals surface area contributed by atoms with Crippen LogP contribution in [-0.2, 0) is 6.54 Å².